The molecular weight excluding hydrogens is 235 g/mol. The maximum Gasteiger partial charge on any atom is 0.405 e. The fourth-order valence-corrected chi connectivity index (χ4v) is 1.07. The Morgan fingerprint density at radius 3 is 2.47 bits per heavy atom. The van der Waals surface area contributed by atoms with Crippen molar-refractivity contribution in [3.63, 3.8) is 0 Å². The summed E-state index contributed by atoms with van der Waals surface area (Å²) in [6.45, 7) is -1.15. The van der Waals surface area contributed by atoms with Crippen molar-refractivity contribution in [2.24, 2.45) is 0 Å². The second-order valence-electron chi connectivity index (χ2n) is 3.60. The van der Waals surface area contributed by atoms with Crippen molar-refractivity contribution in [1.29, 1.82) is 0 Å². The Kier molecular flexibility index (Phi) is 3.93. The molecule has 1 aromatic heterocycles. The highest BCUT2D eigenvalue weighted by molar-refractivity contribution is 5.93. The third kappa shape index (κ3) is 4.29. The van der Waals surface area contributed by atoms with Crippen LogP contribution in [0.25, 0.3) is 0 Å². The first-order chi connectivity index (χ1) is 7.79. The Balaban J connectivity index is 2.66. The normalized spacial score (nSPS) is 11.1. The molecule has 1 aromatic rings. The van der Waals surface area contributed by atoms with Gasteiger partial charge < -0.3 is 10.2 Å². The van der Waals surface area contributed by atoms with Gasteiger partial charge in [-0.1, -0.05) is 0 Å². The highest BCUT2D eigenvalue weighted by atomic mass is 19.4. The van der Waals surface area contributed by atoms with Crippen LogP contribution in [-0.4, -0.2) is 42.6 Å². The van der Waals surface area contributed by atoms with Gasteiger partial charge in [0.2, 0.25) is 0 Å². The van der Waals surface area contributed by atoms with Crippen molar-refractivity contribution in [2.45, 2.75) is 6.18 Å². The number of hydrogen-bond acceptors (Lipinski definition) is 3. The molecular formula is C10H12F3N3O. The van der Waals surface area contributed by atoms with Gasteiger partial charge in [0, 0.05) is 20.3 Å². The second-order valence-corrected chi connectivity index (χ2v) is 3.60. The number of nitrogens with one attached hydrogen (secondary N) is 1. The summed E-state index contributed by atoms with van der Waals surface area (Å²) in [5, 5.41) is 2.12. The lowest BCUT2D eigenvalue weighted by molar-refractivity contribution is -0.115. The van der Waals surface area contributed by atoms with E-state index in [1.807, 2.05) is 0 Å². The van der Waals surface area contributed by atoms with E-state index in [4.69, 9.17) is 0 Å². The number of alkyl halides is 3. The highest BCUT2D eigenvalue weighted by Crippen LogP contribution is 2.15. The predicted octanol–water partition coefficient (Wildman–Crippen LogP) is 1.76. The van der Waals surface area contributed by atoms with Gasteiger partial charge >= 0.3 is 6.18 Å². The van der Waals surface area contributed by atoms with Gasteiger partial charge in [0.15, 0.2) is 0 Å². The van der Waals surface area contributed by atoms with E-state index < -0.39 is 12.7 Å². The monoisotopic (exact) mass is 247 g/mol. The molecule has 7 heteroatoms. The molecule has 0 aliphatic carbocycles. The van der Waals surface area contributed by atoms with E-state index in [0.29, 0.717) is 5.56 Å². The Hall–Kier alpha value is -1.79. The Morgan fingerprint density at radius 1 is 1.41 bits per heavy atom. The number of carbonyl (C=O) groups is 1. The molecule has 0 bridgehead atoms. The quantitative estimate of drug-likeness (QED) is 0.885. The van der Waals surface area contributed by atoms with Crippen LogP contribution in [0.1, 0.15) is 10.4 Å². The number of anilines is 1. The number of hydrogen-bond donors (Lipinski definition) is 1. The molecule has 1 N–H and O–H groups in total. The molecule has 17 heavy (non-hydrogen) atoms. The molecule has 0 radical (unpaired) electrons. The van der Waals surface area contributed by atoms with Crippen LogP contribution in [-0.2, 0) is 0 Å². The van der Waals surface area contributed by atoms with E-state index in [2.05, 4.69) is 10.3 Å². The minimum atomic E-state index is -4.29. The molecule has 0 fully saturated rings. The second kappa shape index (κ2) is 5.03. The van der Waals surface area contributed by atoms with E-state index in [1.165, 1.54) is 23.2 Å². The van der Waals surface area contributed by atoms with E-state index in [1.54, 1.807) is 14.1 Å². The summed E-state index contributed by atoms with van der Waals surface area (Å²) in [5.74, 6) is -0.169. The van der Waals surface area contributed by atoms with Crippen LogP contribution < -0.4 is 5.32 Å². The minimum absolute atomic E-state index is 0.0811. The minimum Gasteiger partial charge on any atom is -0.361 e. The van der Waals surface area contributed by atoms with Gasteiger partial charge in [0.25, 0.3) is 5.91 Å². The summed E-state index contributed by atoms with van der Waals surface area (Å²) >= 11 is 0. The van der Waals surface area contributed by atoms with Gasteiger partial charge in [-0.15, -0.1) is 0 Å². The average Bonchev–Trinajstić information content (AvgIpc) is 2.25. The lowest BCUT2D eigenvalue weighted by atomic mass is 10.2. The lowest BCUT2D eigenvalue weighted by Gasteiger charge is -2.11. The lowest BCUT2D eigenvalue weighted by Crippen LogP contribution is -2.23. The van der Waals surface area contributed by atoms with Gasteiger partial charge in [-0.3, -0.25) is 4.79 Å². The summed E-state index contributed by atoms with van der Waals surface area (Å²) in [7, 11) is 3.16. The van der Waals surface area contributed by atoms with Crippen LogP contribution in [0.3, 0.4) is 0 Å². The zero-order valence-corrected chi connectivity index (χ0v) is 9.38. The Morgan fingerprint density at radius 2 is 2.06 bits per heavy atom. The molecule has 0 unspecified atom stereocenters. The molecule has 0 atom stereocenters. The highest BCUT2D eigenvalue weighted by Gasteiger charge is 2.26. The first-order valence-electron chi connectivity index (χ1n) is 4.78. The van der Waals surface area contributed by atoms with Crippen molar-refractivity contribution < 1.29 is 18.0 Å². The third-order valence-corrected chi connectivity index (χ3v) is 1.89. The number of aromatic nitrogens is 1. The molecule has 1 amide bonds. The van der Waals surface area contributed by atoms with E-state index >= 15 is 0 Å². The summed E-state index contributed by atoms with van der Waals surface area (Å²) in [6.07, 6.45) is -3.05. The molecule has 0 aliphatic heterocycles. The SMILES string of the molecule is CN(C)C(=O)c1ccc(NCC(F)(F)F)nc1. The third-order valence-electron chi connectivity index (χ3n) is 1.89. The van der Waals surface area contributed by atoms with Gasteiger partial charge in [0.1, 0.15) is 12.4 Å². The molecule has 1 rings (SSSR count). The van der Waals surface area contributed by atoms with Crippen molar-refractivity contribution >= 4 is 11.7 Å². The predicted molar refractivity (Wildman–Crippen MR) is 56.8 cm³/mol. The van der Waals surface area contributed by atoms with Crippen LogP contribution in [0.5, 0.6) is 0 Å². The van der Waals surface area contributed by atoms with Gasteiger partial charge in [-0.05, 0) is 12.1 Å². The first-order valence-corrected chi connectivity index (χ1v) is 4.78. The number of halogens is 3. The number of pyridine rings is 1. The molecule has 0 aromatic carbocycles. The fraction of sp³-hybridized carbons (Fsp3) is 0.400. The molecule has 94 valence electrons. The number of carbonyl (C=O) groups excluding carboxylic acids is 1. The Labute approximate surface area is 96.4 Å². The number of nitrogens with zero attached hydrogens (tertiary/aromatic N) is 2. The molecule has 0 spiro atoms. The average molecular weight is 247 g/mol. The Bertz CT molecular complexity index is 387. The zero-order valence-electron chi connectivity index (χ0n) is 9.38. The van der Waals surface area contributed by atoms with Crippen molar-refractivity contribution in [3.8, 4) is 0 Å². The van der Waals surface area contributed by atoms with Crippen molar-refractivity contribution in [2.75, 3.05) is 26.0 Å². The molecule has 0 saturated carbocycles. The summed E-state index contributed by atoms with van der Waals surface area (Å²) in [4.78, 5) is 16.5. The first kappa shape index (κ1) is 13.3. The van der Waals surface area contributed by atoms with Gasteiger partial charge in [-0.25, -0.2) is 4.98 Å². The molecule has 1 heterocycles. The van der Waals surface area contributed by atoms with Crippen LogP contribution in [0.4, 0.5) is 19.0 Å². The topological polar surface area (TPSA) is 45.2 Å². The summed E-state index contributed by atoms with van der Waals surface area (Å²) in [6, 6.07) is 2.76. The van der Waals surface area contributed by atoms with Gasteiger partial charge in [-0.2, -0.15) is 13.2 Å². The molecule has 0 aliphatic rings. The van der Waals surface area contributed by atoms with Crippen LogP contribution >= 0.6 is 0 Å². The standard InChI is InChI=1S/C10H12F3N3O/c1-16(2)9(17)7-3-4-8(14-5-7)15-6-10(11,12)13/h3-5H,6H2,1-2H3,(H,14,15). The summed E-state index contributed by atoms with van der Waals surface area (Å²) < 4.78 is 35.7. The maximum absolute atomic E-state index is 11.9. The number of amides is 1. The van der Waals surface area contributed by atoms with Crippen molar-refractivity contribution in [3.05, 3.63) is 23.9 Å². The fourth-order valence-electron chi connectivity index (χ4n) is 1.07. The molecule has 0 saturated heterocycles. The molecule has 4 nitrogen and oxygen atoms in total. The zero-order chi connectivity index (χ0) is 13.1. The van der Waals surface area contributed by atoms with Crippen LogP contribution in [0.15, 0.2) is 18.3 Å². The maximum atomic E-state index is 11.9. The summed E-state index contributed by atoms with van der Waals surface area (Å²) in [5.41, 5.74) is 0.326. The van der Waals surface area contributed by atoms with Gasteiger partial charge in [0.05, 0.1) is 5.56 Å². The van der Waals surface area contributed by atoms with Crippen molar-refractivity contribution in [1.82, 2.24) is 9.88 Å². The van der Waals surface area contributed by atoms with E-state index in [-0.39, 0.29) is 11.7 Å². The largest absolute Gasteiger partial charge is 0.405 e. The smallest absolute Gasteiger partial charge is 0.361 e. The van der Waals surface area contributed by atoms with E-state index in [9.17, 15) is 18.0 Å². The van der Waals surface area contributed by atoms with E-state index in [0.717, 1.165) is 0 Å². The van der Waals surface area contributed by atoms with Crippen LogP contribution in [0.2, 0.25) is 0 Å². The van der Waals surface area contributed by atoms with Crippen LogP contribution in [0, 0.1) is 0 Å². The number of rotatable bonds is 3.